The van der Waals surface area contributed by atoms with Crippen molar-refractivity contribution in [1.29, 1.82) is 0 Å². The lowest BCUT2D eigenvalue weighted by atomic mass is 10.2. The smallest absolute Gasteiger partial charge is 0.220 e. The Kier molecular flexibility index (Phi) is 7.86. The minimum atomic E-state index is 0. The molecule has 21 heavy (non-hydrogen) atoms. The second-order valence-corrected chi connectivity index (χ2v) is 5.53. The molecule has 1 aliphatic heterocycles. The largest absolute Gasteiger partial charge is 0.494 e. The van der Waals surface area contributed by atoms with Crippen LogP contribution in [0.5, 0.6) is 5.75 Å². The molecule has 1 fully saturated rings. The quantitative estimate of drug-likeness (QED) is 0.787. The predicted octanol–water partition coefficient (Wildman–Crippen LogP) is 2.71. The van der Waals surface area contributed by atoms with Gasteiger partial charge in [-0.25, -0.2) is 0 Å². The van der Waals surface area contributed by atoms with Crippen LogP contribution in [-0.4, -0.2) is 31.6 Å². The Morgan fingerprint density at radius 1 is 1.52 bits per heavy atom. The second kappa shape index (κ2) is 9.13. The molecule has 2 N–H and O–H groups in total. The van der Waals surface area contributed by atoms with Crippen LogP contribution >= 0.6 is 24.0 Å². The molecule has 1 saturated heterocycles. The van der Waals surface area contributed by atoms with Gasteiger partial charge in [0.2, 0.25) is 5.91 Å². The standard InChI is InChI=1S/C15H21ClN2O2.ClH/c1-11-9-13(4-5-14(11)16)20-8-2-3-15(19)18-12-6-7-17-10-12;/h4-5,9,12,17H,2-3,6-8,10H2,1H3,(H,18,19);1H. The van der Waals surface area contributed by atoms with Gasteiger partial charge < -0.3 is 15.4 Å². The van der Waals surface area contributed by atoms with Gasteiger partial charge in [0, 0.05) is 24.0 Å². The van der Waals surface area contributed by atoms with Gasteiger partial charge in [-0.05, 0) is 50.1 Å². The van der Waals surface area contributed by atoms with Crippen molar-refractivity contribution in [2.45, 2.75) is 32.2 Å². The molecular formula is C15H22Cl2N2O2. The van der Waals surface area contributed by atoms with Gasteiger partial charge in [0.25, 0.3) is 0 Å². The summed E-state index contributed by atoms with van der Waals surface area (Å²) in [6.07, 6.45) is 2.24. The fourth-order valence-electron chi connectivity index (χ4n) is 2.21. The number of hydrogen-bond donors (Lipinski definition) is 2. The van der Waals surface area contributed by atoms with Crippen molar-refractivity contribution in [1.82, 2.24) is 10.6 Å². The van der Waals surface area contributed by atoms with Crippen LogP contribution in [0.3, 0.4) is 0 Å². The first kappa shape index (κ1) is 18.1. The lowest BCUT2D eigenvalue weighted by Gasteiger charge is -2.11. The monoisotopic (exact) mass is 332 g/mol. The SMILES string of the molecule is Cc1cc(OCCCC(=O)NC2CCNC2)ccc1Cl.Cl. The first-order valence-corrected chi connectivity index (χ1v) is 7.42. The van der Waals surface area contributed by atoms with Crippen LogP contribution < -0.4 is 15.4 Å². The summed E-state index contributed by atoms with van der Waals surface area (Å²) in [5.41, 5.74) is 0.996. The number of nitrogens with one attached hydrogen (secondary N) is 2. The number of ether oxygens (including phenoxy) is 1. The van der Waals surface area contributed by atoms with E-state index in [1.165, 1.54) is 0 Å². The Labute approximate surface area is 137 Å². The van der Waals surface area contributed by atoms with Crippen molar-refractivity contribution >= 4 is 29.9 Å². The normalized spacial score (nSPS) is 17.1. The molecule has 1 aliphatic rings. The van der Waals surface area contributed by atoms with E-state index < -0.39 is 0 Å². The first-order chi connectivity index (χ1) is 9.65. The Morgan fingerprint density at radius 2 is 2.33 bits per heavy atom. The third-order valence-electron chi connectivity index (χ3n) is 3.37. The van der Waals surface area contributed by atoms with Gasteiger partial charge in [-0.15, -0.1) is 12.4 Å². The van der Waals surface area contributed by atoms with Crippen LogP contribution in [0.25, 0.3) is 0 Å². The van der Waals surface area contributed by atoms with Crippen molar-refractivity contribution < 1.29 is 9.53 Å². The van der Waals surface area contributed by atoms with Gasteiger partial charge in [0.1, 0.15) is 5.75 Å². The second-order valence-electron chi connectivity index (χ2n) is 5.12. The van der Waals surface area contributed by atoms with Crippen molar-refractivity contribution in [3.05, 3.63) is 28.8 Å². The third kappa shape index (κ3) is 6.12. The molecule has 0 bridgehead atoms. The summed E-state index contributed by atoms with van der Waals surface area (Å²) >= 11 is 5.95. The van der Waals surface area contributed by atoms with Crippen molar-refractivity contribution in [2.24, 2.45) is 0 Å². The molecular weight excluding hydrogens is 311 g/mol. The van der Waals surface area contributed by atoms with Gasteiger partial charge in [0.05, 0.1) is 6.61 Å². The van der Waals surface area contributed by atoms with Crippen LogP contribution in [0.4, 0.5) is 0 Å². The number of carbonyl (C=O) groups is 1. The van der Waals surface area contributed by atoms with Crippen LogP contribution in [0.2, 0.25) is 5.02 Å². The zero-order valence-corrected chi connectivity index (χ0v) is 13.7. The van der Waals surface area contributed by atoms with E-state index in [1.807, 2.05) is 25.1 Å². The average molecular weight is 333 g/mol. The van der Waals surface area contributed by atoms with Crippen molar-refractivity contribution in [3.63, 3.8) is 0 Å². The molecule has 6 heteroatoms. The molecule has 1 unspecified atom stereocenters. The molecule has 1 atom stereocenters. The summed E-state index contributed by atoms with van der Waals surface area (Å²) in [6, 6.07) is 5.88. The molecule has 1 heterocycles. The number of amides is 1. The highest BCUT2D eigenvalue weighted by atomic mass is 35.5. The zero-order valence-electron chi connectivity index (χ0n) is 12.2. The molecule has 118 valence electrons. The lowest BCUT2D eigenvalue weighted by molar-refractivity contribution is -0.121. The van der Waals surface area contributed by atoms with Gasteiger partial charge in [0.15, 0.2) is 0 Å². The maximum absolute atomic E-state index is 11.7. The Morgan fingerprint density at radius 3 is 3.00 bits per heavy atom. The van der Waals surface area contributed by atoms with Gasteiger partial charge in [-0.2, -0.15) is 0 Å². The maximum atomic E-state index is 11.7. The van der Waals surface area contributed by atoms with Gasteiger partial charge in [-0.3, -0.25) is 4.79 Å². The highest BCUT2D eigenvalue weighted by Crippen LogP contribution is 2.21. The van der Waals surface area contributed by atoms with Crippen LogP contribution in [0, 0.1) is 6.92 Å². The summed E-state index contributed by atoms with van der Waals surface area (Å²) in [5.74, 6) is 0.905. The summed E-state index contributed by atoms with van der Waals surface area (Å²) in [5, 5.41) is 6.98. The molecule has 0 radical (unpaired) electrons. The molecule has 1 amide bonds. The van der Waals surface area contributed by atoms with E-state index in [0.717, 1.165) is 35.8 Å². The Hall–Kier alpha value is -0.970. The summed E-state index contributed by atoms with van der Waals surface area (Å²) in [7, 11) is 0. The minimum Gasteiger partial charge on any atom is -0.494 e. The maximum Gasteiger partial charge on any atom is 0.220 e. The molecule has 1 aromatic carbocycles. The molecule has 1 aromatic rings. The van der Waals surface area contributed by atoms with Crippen LogP contribution in [0.15, 0.2) is 18.2 Å². The predicted molar refractivity (Wildman–Crippen MR) is 87.6 cm³/mol. The fraction of sp³-hybridized carbons (Fsp3) is 0.533. The number of aryl methyl sites for hydroxylation is 1. The van der Waals surface area contributed by atoms with E-state index in [2.05, 4.69) is 10.6 Å². The lowest BCUT2D eigenvalue weighted by Crippen LogP contribution is -2.36. The van der Waals surface area contributed by atoms with E-state index >= 15 is 0 Å². The van der Waals surface area contributed by atoms with Gasteiger partial charge >= 0.3 is 0 Å². The Balaban J connectivity index is 0.00000220. The average Bonchev–Trinajstić information content (AvgIpc) is 2.91. The van der Waals surface area contributed by atoms with Crippen LogP contribution in [0.1, 0.15) is 24.8 Å². The highest BCUT2D eigenvalue weighted by Gasteiger charge is 2.16. The summed E-state index contributed by atoms with van der Waals surface area (Å²) in [6.45, 7) is 4.35. The number of halogens is 2. The van der Waals surface area contributed by atoms with Crippen LogP contribution in [-0.2, 0) is 4.79 Å². The Bertz CT molecular complexity index is 463. The fourth-order valence-corrected chi connectivity index (χ4v) is 2.32. The van der Waals surface area contributed by atoms with E-state index in [9.17, 15) is 4.79 Å². The molecule has 4 nitrogen and oxygen atoms in total. The molecule has 0 aliphatic carbocycles. The van der Waals surface area contributed by atoms with E-state index in [4.69, 9.17) is 16.3 Å². The van der Waals surface area contributed by atoms with E-state index in [0.29, 0.717) is 25.5 Å². The topological polar surface area (TPSA) is 50.4 Å². The first-order valence-electron chi connectivity index (χ1n) is 7.04. The van der Waals surface area contributed by atoms with Gasteiger partial charge in [-0.1, -0.05) is 11.6 Å². The summed E-state index contributed by atoms with van der Waals surface area (Å²) < 4.78 is 5.61. The minimum absolute atomic E-state index is 0. The molecule has 0 spiro atoms. The molecule has 0 aromatic heterocycles. The number of carbonyl (C=O) groups excluding carboxylic acids is 1. The van der Waals surface area contributed by atoms with Crippen molar-refractivity contribution in [3.8, 4) is 5.75 Å². The highest BCUT2D eigenvalue weighted by molar-refractivity contribution is 6.31. The third-order valence-corrected chi connectivity index (χ3v) is 3.80. The molecule has 0 saturated carbocycles. The number of rotatable bonds is 6. The molecule has 2 rings (SSSR count). The zero-order chi connectivity index (χ0) is 14.4. The summed E-state index contributed by atoms with van der Waals surface area (Å²) in [4.78, 5) is 11.7. The van der Waals surface area contributed by atoms with E-state index in [1.54, 1.807) is 0 Å². The van der Waals surface area contributed by atoms with E-state index in [-0.39, 0.29) is 18.3 Å². The van der Waals surface area contributed by atoms with Crippen molar-refractivity contribution in [2.75, 3.05) is 19.7 Å². The number of hydrogen-bond acceptors (Lipinski definition) is 3. The number of benzene rings is 1.